The van der Waals surface area contributed by atoms with Crippen molar-refractivity contribution < 1.29 is 9.53 Å². The van der Waals surface area contributed by atoms with E-state index in [1.807, 2.05) is 32.0 Å². The van der Waals surface area contributed by atoms with Gasteiger partial charge < -0.3 is 15.4 Å². The summed E-state index contributed by atoms with van der Waals surface area (Å²) in [5, 5.41) is 6.27. The molecule has 0 spiro atoms. The lowest BCUT2D eigenvalue weighted by Crippen LogP contribution is -2.47. The summed E-state index contributed by atoms with van der Waals surface area (Å²) in [5.41, 5.74) is 2.27. The first kappa shape index (κ1) is 13.9. The zero-order valence-electron chi connectivity index (χ0n) is 11.7. The number of carbonyl (C=O) groups is 1. The molecule has 1 aliphatic heterocycles. The Morgan fingerprint density at radius 3 is 3.05 bits per heavy atom. The van der Waals surface area contributed by atoms with Crippen molar-refractivity contribution >= 4 is 5.91 Å². The van der Waals surface area contributed by atoms with Crippen LogP contribution < -0.4 is 15.4 Å². The molecule has 0 saturated carbocycles. The molecule has 4 nitrogen and oxygen atoms in total. The molecule has 1 aromatic carbocycles. The summed E-state index contributed by atoms with van der Waals surface area (Å²) in [6, 6.07) is 6.12. The number of ether oxygens (including phenoxy) is 1. The van der Waals surface area contributed by atoms with Gasteiger partial charge in [0.15, 0.2) is 6.61 Å². The van der Waals surface area contributed by atoms with Crippen molar-refractivity contribution in [2.24, 2.45) is 0 Å². The summed E-state index contributed by atoms with van der Waals surface area (Å²) >= 11 is 0. The van der Waals surface area contributed by atoms with Crippen LogP contribution in [0.5, 0.6) is 5.75 Å². The van der Waals surface area contributed by atoms with Crippen molar-refractivity contribution in [1.82, 2.24) is 10.6 Å². The smallest absolute Gasteiger partial charge is 0.258 e. The summed E-state index contributed by atoms with van der Waals surface area (Å²) in [6.07, 6.45) is 2.16. The van der Waals surface area contributed by atoms with Crippen LogP contribution in [-0.4, -0.2) is 31.6 Å². The van der Waals surface area contributed by atoms with Crippen LogP contribution in [0, 0.1) is 13.8 Å². The van der Waals surface area contributed by atoms with Crippen molar-refractivity contribution in [3.8, 4) is 5.75 Å². The summed E-state index contributed by atoms with van der Waals surface area (Å²) in [7, 11) is 0. The zero-order valence-corrected chi connectivity index (χ0v) is 11.7. The molecule has 2 rings (SSSR count). The molecule has 1 heterocycles. The Kier molecular flexibility index (Phi) is 4.80. The lowest BCUT2D eigenvalue weighted by molar-refractivity contribution is -0.123. The van der Waals surface area contributed by atoms with Gasteiger partial charge in [0.2, 0.25) is 0 Å². The Balaban J connectivity index is 1.81. The molecule has 0 radical (unpaired) electrons. The highest BCUT2D eigenvalue weighted by Crippen LogP contribution is 2.20. The molecular weight excluding hydrogens is 240 g/mol. The first-order valence-electron chi connectivity index (χ1n) is 6.86. The average molecular weight is 262 g/mol. The molecule has 19 heavy (non-hydrogen) atoms. The fraction of sp³-hybridized carbons (Fsp3) is 0.533. The Morgan fingerprint density at radius 1 is 1.47 bits per heavy atom. The van der Waals surface area contributed by atoms with Crippen molar-refractivity contribution in [1.29, 1.82) is 0 Å². The number of aryl methyl sites for hydroxylation is 1. The topological polar surface area (TPSA) is 50.4 Å². The minimum Gasteiger partial charge on any atom is -0.483 e. The lowest BCUT2D eigenvalue weighted by Gasteiger charge is -2.23. The van der Waals surface area contributed by atoms with Gasteiger partial charge in [0.1, 0.15) is 5.75 Å². The van der Waals surface area contributed by atoms with Crippen LogP contribution in [0.2, 0.25) is 0 Å². The highest BCUT2D eigenvalue weighted by Gasteiger charge is 2.15. The molecule has 0 aromatic heterocycles. The van der Waals surface area contributed by atoms with Gasteiger partial charge in [0.25, 0.3) is 5.91 Å². The van der Waals surface area contributed by atoms with E-state index in [1.165, 1.54) is 5.56 Å². The fourth-order valence-electron chi connectivity index (χ4n) is 2.27. The third kappa shape index (κ3) is 3.96. The van der Waals surface area contributed by atoms with Crippen LogP contribution in [-0.2, 0) is 4.79 Å². The van der Waals surface area contributed by atoms with E-state index >= 15 is 0 Å². The predicted molar refractivity (Wildman–Crippen MR) is 75.4 cm³/mol. The number of hydrogen-bond acceptors (Lipinski definition) is 3. The Morgan fingerprint density at radius 2 is 2.32 bits per heavy atom. The number of rotatable bonds is 4. The molecule has 104 valence electrons. The number of nitrogens with one attached hydrogen (secondary N) is 2. The maximum Gasteiger partial charge on any atom is 0.258 e. The number of amides is 1. The van der Waals surface area contributed by atoms with Crippen molar-refractivity contribution in [2.45, 2.75) is 32.7 Å². The van der Waals surface area contributed by atoms with Crippen molar-refractivity contribution in [3.63, 3.8) is 0 Å². The lowest BCUT2D eigenvalue weighted by atomic mass is 10.1. The van der Waals surface area contributed by atoms with Crippen LogP contribution in [0.15, 0.2) is 18.2 Å². The molecule has 4 heteroatoms. The highest BCUT2D eigenvalue weighted by molar-refractivity contribution is 5.77. The molecule has 1 unspecified atom stereocenters. The van der Waals surface area contributed by atoms with Gasteiger partial charge in [-0.2, -0.15) is 0 Å². The van der Waals surface area contributed by atoms with Crippen LogP contribution in [0.4, 0.5) is 0 Å². The molecule has 1 aromatic rings. The van der Waals surface area contributed by atoms with Gasteiger partial charge in [-0.25, -0.2) is 0 Å². The van der Waals surface area contributed by atoms with Gasteiger partial charge in [-0.3, -0.25) is 4.79 Å². The predicted octanol–water partition coefficient (Wildman–Crippen LogP) is 1.55. The highest BCUT2D eigenvalue weighted by atomic mass is 16.5. The normalized spacial score (nSPS) is 18.9. The Hall–Kier alpha value is -1.55. The molecule has 1 atom stereocenters. The second kappa shape index (κ2) is 6.57. The average Bonchev–Trinajstić information content (AvgIpc) is 2.42. The SMILES string of the molecule is Cc1cccc(OCC(=O)NC2CCCNC2)c1C. The van der Waals surface area contributed by atoms with E-state index in [4.69, 9.17) is 4.74 Å². The number of piperidine rings is 1. The zero-order chi connectivity index (χ0) is 13.7. The Bertz CT molecular complexity index is 440. The van der Waals surface area contributed by atoms with Crippen molar-refractivity contribution in [2.75, 3.05) is 19.7 Å². The van der Waals surface area contributed by atoms with Gasteiger partial charge in [0.05, 0.1) is 0 Å². The van der Waals surface area contributed by atoms with E-state index in [2.05, 4.69) is 10.6 Å². The van der Waals surface area contributed by atoms with Gasteiger partial charge in [-0.1, -0.05) is 12.1 Å². The largest absolute Gasteiger partial charge is 0.483 e. The van der Waals surface area contributed by atoms with E-state index in [1.54, 1.807) is 0 Å². The van der Waals surface area contributed by atoms with Crippen LogP contribution in [0.25, 0.3) is 0 Å². The van der Waals surface area contributed by atoms with E-state index in [0.717, 1.165) is 37.2 Å². The maximum atomic E-state index is 11.8. The number of benzene rings is 1. The van der Waals surface area contributed by atoms with E-state index in [-0.39, 0.29) is 18.6 Å². The summed E-state index contributed by atoms with van der Waals surface area (Å²) in [5.74, 6) is 0.742. The first-order valence-corrected chi connectivity index (χ1v) is 6.86. The number of carbonyl (C=O) groups excluding carboxylic acids is 1. The van der Waals surface area contributed by atoms with Crippen LogP contribution >= 0.6 is 0 Å². The Labute approximate surface area is 114 Å². The minimum absolute atomic E-state index is 0.0467. The second-order valence-corrected chi connectivity index (χ2v) is 5.10. The summed E-state index contributed by atoms with van der Waals surface area (Å²) in [4.78, 5) is 11.8. The quantitative estimate of drug-likeness (QED) is 0.865. The molecule has 1 aliphatic rings. The fourth-order valence-corrected chi connectivity index (χ4v) is 2.27. The number of hydrogen-bond donors (Lipinski definition) is 2. The molecule has 1 saturated heterocycles. The van der Waals surface area contributed by atoms with E-state index < -0.39 is 0 Å². The summed E-state index contributed by atoms with van der Waals surface area (Å²) in [6.45, 7) is 6.03. The minimum atomic E-state index is -0.0467. The monoisotopic (exact) mass is 262 g/mol. The van der Waals surface area contributed by atoms with Gasteiger partial charge in [-0.05, 0) is 50.4 Å². The van der Waals surface area contributed by atoms with Crippen molar-refractivity contribution in [3.05, 3.63) is 29.3 Å². The van der Waals surface area contributed by atoms with Gasteiger partial charge in [0, 0.05) is 12.6 Å². The van der Waals surface area contributed by atoms with E-state index in [9.17, 15) is 4.79 Å². The van der Waals surface area contributed by atoms with Crippen LogP contribution in [0.3, 0.4) is 0 Å². The molecule has 1 fully saturated rings. The first-order chi connectivity index (χ1) is 9.16. The maximum absolute atomic E-state index is 11.8. The van der Waals surface area contributed by atoms with E-state index in [0.29, 0.717) is 0 Å². The van der Waals surface area contributed by atoms with Gasteiger partial charge >= 0.3 is 0 Å². The standard InChI is InChI=1S/C15H22N2O2/c1-11-5-3-7-14(12(11)2)19-10-15(18)17-13-6-4-8-16-9-13/h3,5,7,13,16H,4,6,8-10H2,1-2H3,(H,17,18). The molecule has 0 bridgehead atoms. The molecule has 1 amide bonds. The second-order valence-electron chi connectivity index (χ2n) is 5.10. The van der Waals surface area contributed by atoms with Gasteiger partial charge in [-0.15, -0.1) is 0 Å². The third-order valence-electron chi connectivity index (χ3n) is 3.58. The molecular formula is C15H22N2O2. The third-order valence-corrected chi connectivity index (χ3v) is 3.58. The molecule has 0 aliphatic carbocycles. The van der Waals surface area contributed by atoms with Crippen LogP contribution in [0.1, 0.15) is 24.0 Å². The molecule has 2 N–H and O–H groups in total. The summed E-state index contributed by atoms with van der Waals surface area (Å²) < 4.78 is 5.59.